The van der Waals surface area contributed by atoms with Gasteiger partial charge in [0.25, 0.3) is 11.5 Å². The van der Waals surface area contributed by atoms with Crippen molar-refractivity contribution < 1.29 is 14.3 Å². The Bertz CT molecular complexity index is 1020. The van der Waals surface area contributed by atoms with E-state index in [-0.39, 0.29) is 24.6 Å². The number of carbonyl (C=O) groups excluding carboxylic acids is 1. The van der Waals surface area contributed by atoms with Crippen molar-refractivity contribution in [1.82, 2.24) is 14.9 Å². The number of aromatic amines is 1. The highest BCUT2D eigenvalue weighted by Gasteiger charge is 2.17. The summed E-state index contributed by atoms with van der Waals surface area (Å²) in [7, 11) is 1.57. The van der Waals surface area contributed by atoms with Gasteiger partial charge in [-0.25, -0.2) is 4.98 Å². The van der Waals surface area contributed by atoms with Gasteiger partial charge in [0.1, 0.15) is 11.6 Å². The number of nitrogens with one attached hydrogen (secondary N) is 1. The molecule has 0 radical (unpaired) electrons. The van der Waals surface area contributed by atoms with E-state index in [1.807, 2.05) is 37.3 Å². The molecule has 7 heteroatoms. The van der Waals surface area contributed by atoms with Crippen LogP contribution in [0.1, 0.15) is 11.4 Å². The summed E-state index contributed by atoms with van der Waals surface area (Å²) in [5, 5.41) is 0.518. The molecule has 0 spiro atoms. The number of hydrogen-bond acceptors (Lipinski definition) is 5. The van der Waals surface area contributed by atoms with E-state index in [9.17, 15) is 9.59 Å². The number of benzene rings is 2. The third-order valence-electron chi connectivity index (χ3n) is 4.37. The van der Waals surface area contributed by atoms with E-state index < -0.39 is 0 Å². The van der Waals surface area contributed by atoms with Crippen LogP contribution in [-0.2, 0) is 16.1 Å². The molecule has 146 valence electrons. The molecule has 3 aromatic rings. The van der Waals surface area contributed by atoms with Gasteiger partial charge in [-0.2, -0.15) is 0 Å². The van der Waals surface area contributed by atoms with Gasteiger partial charge in [0.05, 0.1) is 24.1 Å². The predicted octanol–water partition coefficient (Wildman–Crippen LogP) is 2.29. The maximum atomic E-state index is 12.7. The minimum Gasteiger partial charge on any atom is -0.484 e. The van der Waals surface area contributed by atoms with Crippen LogP contribution in [0.3, 0.4) is 0 Å². The lowest BCUT2D eigenvalue weighted by Gasteiger charge is -2.22. The van der Waals surface area contributed by atoms with E-state index in [1.54, 1.807) is 30.2 Å². The number of hydrogen-bond donors (Lipinski definition) is 1. The minimum absolute atomic E-state index is 0.105. The highest BCUT2D eigenvalue weighted by atomic mass is 16.5. The topological polar surface area (TPSA) is 84.5 Å². The maximum Gasteiger partial charge on any atom is 0.260 e. The first-order valence-electron chi connectivity index (χ1n) is 9.01. The summed E-state index contributed by atoms with van der Waals surface area (Å²) >= 11 is 0. The van der Waals surface area contributed by atoms with Crippen molar-refractivity contribution >= 4 is 16.8 Å². The number of amides is 1. The molecule has 0 atom stereocenters. The molecule has 0 aliphatic rings. The van der Waals surface area contributed by atoms with E-state index in [0.717, 1.165) is 5.56 Å². The number of aryl methyl sites for hydroxylation is 1. The Morgan fingerprint density at radius 2 is 1.89 bits per heavy atom. The van der Waals surface area contributed by atoms with Crippen molar-refractivity contribution in [2.45, 2.75) is 13.5 Å². The van der Waals surface area contributed by atoms with Gasteiger partial charge in [0.2, 0.25) is 0 Å². The van der Waals surface area contributed by atoms with Crippen molar-refractivity contribution in [2.24, 2.45) is 0 Å². The summed E-state index contributed by atoms with van der Waals surface area (Å²) in [6, 6.07) is 14.6. The maximum absolute atomic E-state index is 12.7. The molecule has 0 aliphatic heterocycles. The van der Waals surface area contributed by atoms with Gasteiger partial charge in [-0.1, -0.05) is 30.3 Å². The Kier molecular flexibility index (Phi) is 6.39. The number of fused-ring (bicyclic) bond motifs is 1. The zero-order valence-corrected chi connectivity index (χ0v) is 16.0. The lowest BCUT2D eigenvalue weighted by molar-refractivity contribution is -0.134. The summed E-state index contributed by atoms with van der Waals surface area (Å²) < 4.78 is 10.8. The Balaban J connectivity index is 1.75. The van der Waals surface area contributed by atoms with Gasteiger partial charge in [-0.15, -0.1) is 0 Å². The zero-order valence-electron chi connectivity index (χ0n) is 16.0. The first-order valence-corrected chi connectivity index (χ1v) is 9.01. The Morgan fingerprint density at radius 3 is 2.68 bits per heavy atom. The van der Waals surface area contributed by atoms with Crippen molar-refractivity contribution in [3.8, 4) is 5.75 Å². The highest BCUT2D eigenvalue weighted by Crippen LogP contribution is 2.16. The number of carbonyl (C=O) groups is 1. The molecular formula is C21H23N3O4. The minimum atomic E-state index is -0.226. The lowest BCUT2D eigenvalue weighted by Crippen LogP contribution is -2.37. The third kappa shape index (κ3) is 4.75. The third-order valence-corrected chi connectivity index (χ3v) is 4.37. The average molecular weight is 381 g/mol. The van der Waals surface area contributed by atoms with Crippen LogP contribution in [0.2, 0.25) is 0 Å². The smallest absolute Gasteiger partial charge is 0.260 e. The quantitative estimate of drug-likeness (QED) is 0.647. The molecule has 0 saturated carbocycles. The van der Waals surface area contributed by atoms with E-state index >= 15 is 0 Å². The second kappa shape index (κ2) is 9.14. The van der Waals surface area contributed by atoms with E-state index in [1.165, 1.54) is 0 Å². The van der Waals surface area contributed by atoms with E-state index in [0.29, 0.717) is 35.6 Å². The first kappa shape index (κ1) is 19.6. The van der Waals surface area contributed by atoms with Crippen LogP contribution >= 0.6 is 0 Å². The molecule has 2 aromatic carbocycles. The average Bonchev–Trinajstić information content (AvgIpc) is 2.70. The summed E-state index contributed by atoms with van der Waals surface area (Å²) in [6.07, 6.45) is 0. The van der Waals surface area contributed by atoms with Crippen molar-refractivity contribution in [3.63, 3.8) is 0 Å². The molecule has 0 bridgehead atoms. The van der Waals surface area contributed by atoms with Gasteiger partial charge in [-0.3, -0.25) is 9.59 Å². The first-order chi connectivity index (χ1) is 13.6. The van der Waals surface area contributed by atoms with E-state index in [2.05, 4.69) is 9.97 Å². The molecule has 0 unspecified atom stereocenters. The largest absolute Gasteiger partial charge is 0.484 e. The molecule has 1 N–H and O–H groups in total. The van der Waals surface area contributed by atoms with Crippen molar-refractivity contribution in [2.75, 3.05) is 26.9 Å². The highest BCUT2D eigenvalue weighted by molar-refractivity contribution is 5.78. The zero-order chi connectivity index (χ0) is 19.9. The molecular weight excluding hydrogens is 358 g/mol. The van der Waals surface area contributed by atoms with Crippen LogP contribution in [0.15, 0.2) is 53.3 Å². The van der Waals surface area contributed by atoms with Gasteiger partial charge in [0, 0.05) is 13.7 Å². The predicted molar refractivity (Wildman–Crippen MR) is 106 cm³/mol. The summed E-state index contributed by atoms with van der Waals surface area (Å²) in [5.74, 6) is 0.875. The summed E-state index contributed by atoms with van der Waals surface area (Å²) in [4.78, 5) is 33.8. The van der Waals surface area contributed by atoms with Gasteiger partial charge in [0.15, 0.2) is 6.61 Å². The molecule has 0 saturated heterocycles. The normalized spacial score (nSPS) is 10.8. The van der Waals surface area contributed by atoms with E-state index in [4.69, 9.17) is 9.47 Å². The second-order valence-corrected chi connectivity index (χ2v) is 6.39. The molecule has 28 heavy (non-hydrogen) atoms. The number of aromatic nitrogens is 2. The molecule has 3 rings (SSSR count). The second-order valence-electron chi connectivity index (χ2n) is 6.39. The number of nitrogens with zero attached hydrogens (tertiary/aromatic N) is 2. The van der Waals surface area contributed by atoms with Crippen molar-refractivity contribution in [3.05, 3.63) is 70.3 Å². The molecule has 0 fully saturated rings. The Labute approximate surface area is 162 Å². The number of para-hydroxylation sites is 2. The fourth-order valence-electron chi connectivity index (χ4n) is 2.83. The molecule has 1 aromatic heterocycles. The van der Waals surface area contributed by atoms with Crippen LogP contribution < -0.4 is 10.3 Å². The number of rotatable bonds is 8. The Morgan fingerprint density at radius 1 is 1.14 bits per heavy atom. The number of methoxy groups -OCH3 is 1. The fraction of sp³-hybridized carbons (Fsp3) is 0.286. The fourth-order valence-corrected chi connectivity index (χ4v) is 2.83. The molecule has 0 aliphatic carbocycles. The SMILES string of the molecule is COCCN(Cc1nc2ccccc2c(=O)[nH]1)C(=O)COc1ccccc1C. The summed E-state index contributed by atoms with van der Waals surface area (Å²) in [6.45, 7) is 2.72. The molecule has 1 heterocycles. The monoisotopic (exact) mass is 381 g/mol. The summed E-state index contributed by atoms with van der Waals surface area (Å²) in [5.41, 5.74) is 1.33. The van der Waals surface area contributed by atoms with Crippen LogP contribution in [-0.4, -0.2) is 47.6 Å². The van der Waals surface area contributed by atoms with Crippen LogP contribution in [0.25, 0.3) is 10.9 Å². The lowest BCUT2D eigenvalue weighted by atomic mass is 10.2. The van der Waals surface area contributed by atoms with Crippen LogP contribution in [0.5, 0.6) is 5.75 Å². The number of ether oxygens (including phenoxy) is 2. The molecule has 7 nitrogen and oxygen atoms in total. The van der Waals surface area contributed by atoms with Gasteiger partial charge >= 0.3 is 0 Å². The van der Waals surface area contributed by atoms with Crippen LogP contribution in [0.4, 0.5) is 0 Å². The van der Waals surface area contributed by atoms with Crippen molar-refractivity contribution in [1.29, 1.82) is 0 Å². The molecule has 1 amide bonds. The van der Waals surface area contributed by atoms with Crippen LogP contribution in [0, 0.1) is 6.92 Å². The Hall–Kier alpha value is -3.19. The standard InChI is InChI=1S/C21H23N3O4/c1-15-7-3-6-10-18(15)28-14-20(25)24(11-12-27-2)13-19-22-17-9-5-4-8-16(17)21(26)23-19/h3-10H,11-14H2,1-2H3,(H,22,23,26). The van der Waals surface area contributed by atoms with Gasteiger partial charge < -0.3 is 19.4 Å². The number of H-pyrrole nitrogens is 1. The van der Waals surface area contributed by atoms with Gasteiger partial charge in [-0.05, 0) is 30.7 Å².